The van der Waals surface area contributed by atoms with Crippen LogP contribution in [0.25, 0.3) is 0 Å². The highest BCUT2D eigenvalue weighted by molar-refractivity contribution is 5.97. The van der Waals surface area contributed by atoms with Gasteiger partial charge in [-0.25, -0.2) is 4.79 Å². The van der Waals surface area contributed by atoms with Crippen molar-refractivity contribution in [2.24, 2.45) is 0 Å². The maximum absolute atomic E-state index is 12.4. The average molecular weight is 304 g/mol. The molecule has 0 atom stereocenters. The van der Waals surface area contributed by atoms with Crippen LogP contribution in [0, 0.1) is 0 Å². The summed E-state index contributed by atoms with van der Waals surface area (Å²) in [7, 11) is 0. The van der Waals surface area contributed by atoms with Gasteiger partial charge in [0.15, 0.2) is 0 Å². The Hall–Kier alpha value is -2.11. The molecule has 2 aliphatic carbocycles. The van der Waals surface area contributed by atoms with E-state index >= 15 is 0 Å². The molecule has 2 aliphatic rings. The van der Waals surface area contributed by atoms with Crippen LogP contribution in [0.15, 0.2) is 10.9 Å². The molecule has 1 amide bonds. The van der Waals surface area contributed by atoms with Gasteiger partial charge >= 0.3 is 5.97 Å². The van der Waals surface area contributed by atoms with E-state index in [2.05, 4.69) is 10.3 Å². The second-order valence-electron chi connectivity index (χ2n) is 6.27. The van der Waals surface area contributed by atoms with E-state index in [1.165, 1.54) is 0 Å². The number of hydrogen-bond acceptors (Lipinski definition) is 3. The van der Waals surface area contributed by atoms with Crippen LogP contribution >= 0.6 is 0 Å². The van der Waals surface area contributed by atoms with Crippen LogP contribution in [0.5, 0.6) is 0 Å². The van der Waals surface area contributed by atoms with Crippen LogP contribution in [0.3, 0.4) is 0 Å². The summed E-state index contributed by atoms with van der Waals surface area (Å²) < 4.78 is 0. The number of aromatic amines is 1. The maximum Gasteiger partial charge on any atom is 0.329 e. The van der Waals surface area contributed by atoms with E-state index in [1.54, 1.807) is 6.07 Å². The zero-order valence-corrected chi connectivity index (χ0v) is 12.4. The zero-order valence-electron chi connectivity index (χ0n) is 12.4. The molecule has 0 aliphatic heterocycles. The number of carbonyl (C=O) groups excluding carboxylic acids is 1. The molecular weight excluding hydrogens is 284 g/mol. The van der Waals surface area contributed by atoms with Crippen LogP contribution in [0.4, 0.5) is 0 Å². The zero-order chi connectivity index (χ0) is 15.7. The minimum atomic E-state index is -1.22. The minimum absolute atomic E-state index is 0.0215. The second-order valence-corrected chi connectivity index (χ2v) is 6.27. The Morgan fingerprint density at radius 1 is 1.14 bits per heavy atom. The summed E-state index contributed by atoms with van der Waals surface area (Å²) in [5.41, 5.74) is 0.262. The lowest BCUT2D eigenvalue weighted by atomic mass is 9.94. The van der Waals surface area contributed by atoms with Crippen molar-refractivity contribution < 1.29 is 14.7 Å². The highest BCUT2D eigenvalue weighted by Crippen LogP contribution is 2.30. The maximum atomic E-state index is 12.4. The minimum Gasteiger partial charge on any atom is -0.480 e. The Balaban J connectivity index is 1.89. The molecule has 118 valence electrons. The molecule has 0 aromatic carbocycles. The van der Waals surface area contributed by atoms with E-state index in [4.69, 9.17) is 0 Å². The van der Waals surface area contributed by atoms with Gasteiger partial charge < -0.3 is 15.4 Å². The van der Waals surface area contributed by atoms with Gasteiger partial charge in [-0.05, 0) is 50.2 Å². The summed E-state index contributed by atoms with van der Waals surface area (Å²) in [6.07, 6.45) is 6.12. The molecule has 0 spiro atoms. The fraction of sp³-hybridized carbons (Fsp3) is 0.562. The van der Waals surface area contributed by atoms with Crippen molar-refractivity contribution in [2.45, 2.75) is 56.9 Å². The highest BCUT2D eigenvalue weighted by Gasteiger charge is 2.43. The number of rotatable bonds is 3. The first-order valence-electron chi connectivity index (χ1n) is 7.83. The molecular formula is C16H20N2O4. The molecule has 6 nitrogen and oxygen atoms in total. The molecule has 1 fully saturated rings. The molecule has 0 saturated heterocycles. The lowest BCUT2D eigenvalue weighted by molar-refractivity contribution is -0.144. The second kappa shape index (κ2) is 5.59. The predicted molar refractivity (Wildman–Crippen MR) is 80.0 cm³/mol. The first-order chi connectivity index (χ1) is 10.5. The fourth-order valence-electron chi connectivity index (χ4n) is 3.50. The Kier molecular flexibility index (Phi) is 3.76. The lowest BCUT2D eigenvalue weighted by Crippen LogP contribution is -2.53. The number of H-pyrrole nitrogens is 1. The Bertz CT molecular complexity index is 671. The van der Waals surface area contributed by atoms with Crippen molar-refractivity contribution >= 4 is 11.9 Å². The molecule has 0 unspecified atom stereocenters. The molecule has 6 heteroatoms. The largest absolute Gasteiger partial charge is 0.480 e. The van der Waals surface area contributed by atoms with Crippen molar-refractivity contribution in [1.82, 2.24) is 10.3 Å². The van der Waals surface area contributed by atoms with Gasteiger partial charge in [-0.3, -0.25) is 9.59 Å². The van der Waals surface area contributed by atoms with Gasteiger partial charge in [0, 0.05) is 5.69 Å². The topological polar surface area (TPSA) is 99.3 Å². The van der Waals surface area contributed by atoms with Crippen molar-refractivity contribution in [1.29, 1.82) is 0 Å². The summed E-state index contributed by atoms with van der Waals surface area (Å²) in [4.78, 5) is 38.8. The van der Waals surface area contributed by atoms with E-state index in [-0.39, 0.29) is 5.56 Å². The molecule has 1 saturated carbocycles. The third-order valence-corrected chi connectivity index (χ3v) is 4.80. The van der Waals surface area contributed by atoms with Crippen molar-refractivity contribution in [3.63, 3.8) is 0 Å². The van der Waals surface area contributed by atoms with Crippen LogP contribution < -0.4 is 10.9 Å². The number of hydrogen-bond donors (Lipinski definition) is 3. The number of amides is 1. The molecule has 1 heterocycles. The van der Waals surface area contributed by atoms with Crippen molar-refractivity contribution in [3.8, 4) is 0 Å². The molecule has 0 bridgehead atoms. The van der Waals surface area contributed by atoms with Gasteiger partial charge in [0.25, 0.3) is 11.5 Å². The van der Waals surface area contributed by atoms with Gasteiger partial charge in [0.05, 0.1) is 0 Å². The Morgan fingerprint density at radius 3 is 2.50 bits per heavy atom. The summed E-state index contributed by atoms with van der Waals surface area (Å²) >= 11 is 0. The number of carbonyl (C=O) groups is 2. The fourth-order valence-corrected chi connectivity index (χ4v) is 3.50. The molecule has 3 rings (SSSR count). The van der Waals surface area contributed by atoms with E-state index in [0.717, 1.165) is 49.8 Å². The first-order valence-corrected chi connectivity index (χ1v) is 7.83. The standard InChI is InChI=1S/C16H20N2O4/c19-13-11(9-10-5-1-2-6-12(10)17-13)14(20)18-16(15(21)22)7-3-4-8-16/h9H,1-8H2,(H,17,19)(H,18,20)(H,21,22). The normalized spacial score (nSPS) is 19.5. The van der Waals surface area contributed by atoms with E-state index in [1.807, 2.05) is 0 Å². The Labute approximate surface area is 127 Å². The summed E-state index contributed by atoms with van der Waals surface area (Å²) in [5, 5.41) is 12.0. The van der Waals surface area contributed by atoms with Crippen molar-refractivity contribution in [2.75, 3.05) is 0 Å². The number of carboxylic acid groups (broad SMARTS) is 1. The first kappa shape index (κ1) is 14.8. The van der Waals surface area contributed by atoms with Gasteiger partial charge in [-0.15, -0.1) is 0 Å². The number of carboxylic acids is 1. The third kappa shape index (κ3) is 2.53. The van der Waals surface area contributed by atoms with Crippen molar-refractivity contribution in [3.05, 3.63) is 33.2 Å². The van der Waals surface area contributed by atoms with Crippen LogP contribution in [-0.4, -0.2) is 27.5 Å². The summed E-state index contributed by atoms with van der Waals surface area (Å²) in [5.74, 6) is -1.60. The predicted octanol–water partition coefficient (Wildman–Crippen LogP) is 1.38. The van der Waals surface area contributed by atoms with Crippen LogP contribution in [0.2, 0.25) is 0 Å². The third-order valence-electron chi connectivity index (χ3n) is 4.80. The number of pyridine rings is 1. The number of aliphatic carboxylic acids is 1. The smallest absolute Gasteiger partial charge is 0.329 e. The number of aromatic nitrogens is 1. The van der Waals surface area contributed by atoms with Gasteiger partial charge in [-0.2, -0.15) is 0 Å². The highest BCUT2D eigenvalue weighted by atomic mass is 16.4. The quantitative estimate of drug-likeness (QED) is 0.785. The summed E-state index contributed by atoms with van der Waals surface area (Å²) in [6.45, 7) is 0. The van der Waals surface area contributed by atoms with Gasteiger partial charge in [0.1, 0.15) is 11.1 Å². The lowest BCUT2D eigenvalue weighted by Gasteiger charge is -2.25. The molecule has 22 heavy (non-hydrogen) atoms. The molecule has 1 aromatic rings. The van der Waals surface area contributed by atoms with Gasteiger partial charge in [0.2, 0.25) is 0 Å². The molecule has 3 N–H and O–H groups in total. The monoisotopic (exact) mass is 304 g/mol. The average Bonchev–Trinajstić information content (AvgIpc) is 2.96. The number of aryl methyl sites for hydroxylation is 2. The molecule has 0 radical (unpaired) electrons. The van der Waals surface area contributed by atoms with E-state index < -0.39 is 23.0 Å². The van der Waals surface area contributed by atoms with E-state index in [9.17, 15) is 19.5 Å². The Morgan fingerprint density at radius 2 is 1.82 bits per heavy atom. The van der Waals surface area contributed by atoms with Crippen LogP contribution in [-0.2, 0) is 17.6 Å². The number of fused-ring (bicyclic) bond motifs is 1. The number of nitrogens with one attached hydrogen (secondary N) is 2. The van der Waals surface area contributed by atoms with Gasteiger partial charge in [-0.1, -0.05) is 12.8 Å². The van der Waals surface area contributed by atoms with E-state index in [0.29, 0.717) is 12.8 Å². The summed E-state index contributed by atoms with van der Waals surface area (Å²) in [6, 6.07) is 1.63. The molecule has 1 aromatic heterocycles. The SMILES string of the molecule is O=C(NC1(C(=O)O)CCCC1)c1cc2c([nH]c1=O)CCCC2. The van der Waals surface area contributed by atoms with Crippen LogP contribution in [0.1, 0.15) is 60.1 Å².